The Balaban J connectivity index is 2.07. The molecule has 2 aromatic carbocycles. The van der Waals surface area contributed by atoms with Crippen LogP contribution >= 0.6 is 15.9 Å². The highest BCUT2D eigenvalue weighted by atomic mass is 79.9. The van der Waals surface area contributed by atoms with Gasteiger partial charge in [-0.25, -0.2) is 4.98 Å². The number of hydrogen-bond acceptors (Lipinski definition) is 3. The number of nitrogens with zero attached hydrogens (tertiary/aromatic N) is 3. The van der Waals surface area contributed by atoms with E-state index in [1.807, 2.05) is 6.92 Å². The summed E-state index contributed by atoms with van der Waals surface area (Å²) < 4.78 is 1.11. The second-order valence-electron chi connectivity index (χ2n) is 10.2. The lowest BCUT2D eigenvalue weighted by atomic mass is 9.86. The Morgan fingerprint density at radius 1 is 1.03 bits per heavy atom. The first-order valence-corrected chi connectivity index (χ1v) is 14.0. The summed E-state index contributed by atoms with van der Waals surface area (Å²) in [6.45, 7) is 5.17. The third-order valence-corrected chi connectivity index (χ3v) is 6.85. The maximum absolute atomic E-state index is 5.32. The van der Waals surface area contributed by atoms with Crippen molar-refractivity contribution in [2.75, 3.05) is 39.6 Å². The number of anilines is 1. The van der Waals surface area contributed by atoms with E-state index >= 15 is 0 Å². The minimum absolute atomic E-state index is 0.369. The van der Waals surface area contributed by atoms with Crippen LogP contribution in [0.15, 0.2) is 77.3 Å². The van der Waals surface area contributed by atoms with E-state index < -0.39 is 0 Å². The standard InChI is InChI=1S/C33H42BrN3/c1-7-8-9-10-11-16-28-23-29(22-25(2)34)32(35-33(28)37(5)6)24-27(20-21-36(3)4)31-19-14-17-26-15-12-13-18-30(26)31/h7-10,12-15,17-19,22-23,27H,11,16,20-21,24H2,1-6H3/b8-7-,10-9-,25-22+. The number of pyridine rings is 1. The molecule has 4 heteroatoms. The van der Waals surface area contributed by atoms with Crippen LogP contribution in [0.2, 0.25) is 0 Å². The fourth-order valence-corrected chi connectivity index (χ4v) is 5.07. The summed E-state index contributed by atoms with van der Waals surface area (Å²) in [4.78, 5) is 9.77. The van der Waals surface area contributed by atoms with E-state index in [2.05, 4.69) is 140 Å². The minimum Gasteiger partial charge on any atom is -0.363 e. The molecule has 0 fully saturated rings. The van der Waals surface area contributed by atoms with Crippen LogP contribution in [0.3, 0.4) is 0 Å². The monoisotopic (exact) mass is 559 g/mol. The van der Waals surface area contributed by atoms with Crippen LogP contribution in [-0.2, 0) is 12.8 Å². The molecule has 0 N–H and O–H groups in total. The van der Waals surface area contributed by atoms with Gasteiger partial charge in [0.25, 0.3) is 0 Å². The van der Waals surface area contributed by atoms with Gasteiger partial charge in [-0.1, -0.05) is 82.7 Å². The molecule has 0 saturated carbocycles. The van der Waals surface area contributed by atoms with E-state index in [0.717, 1.165) is 48.2 Å². The van der Waals surface area contributed by atoms with E-state index in [4.69, 9.17) is 4.98 Å². The molecule has 0 aliphatic carbocycles. The van der Waals surface area contributed by atoms with Gasteiger partial charge in [0.2, 0.25) is 0 Å². The van der Waals surface area contributed by atoms with Crippen LogP contribution < -0.4 is 4.90 Å². The normalized spacial score (nSPS) is 13.4. The Labute approximate surface area is 232 Å². The summed E-state index contributed by atoms with van der Waals surface area (Å²) in [5.74, 6) is 1.44. The van der Waals surface area contributed by atoms with Crippen molar-refractivity contribution in [3.8, 4) is 0 Å². The number of benzene rings is 2. The van der Waals surface area contributed by atoms with E-state index in [9.17, 15) is 0 Å². The van der Waals surface area contributed by atoms with E-state index in [1.54, 1.807) is 0 Å². The Morgan fingerprint density at radius 2 is 1.78 bits per heavy atom. The van der Waals surface area contributed by atoms with Crippen molar-refractivity contribution in [1.29, 1.82) is 0 Å². The molecular formula is C33H42BrN3. The quantitative estimate of drug-likeness (QED) is 0.207. The highest BCUT2D eigenvalue weighted by molar-refractivity contribution is 9.11. The molecule has 3 rings (SSSR count). The summed E-state index contributed by atoms with van der Waals surface area (Å²) in [7, 11) is 8.52. The van der Waals surface area contributed by atoms with E-state index in [0.29, 0.717) is 5.92 Å². The highest BCUT2D eigenvalue weighted by Gasteiger charge is 2.20. The molecule has 0 aliphatic heterocycles. The molecule has 0 amide bonds. The van der Waals surface area contributed by atoms with Crippen LogP contribution in [0.1, 0.15) is 55.0 Å². The zero-order chi connectivity index (χ0) is 26.8. The van der Waals surface area contributed by atoms with Crippen LogP contribution in [0.25, 0.3) is 16.8 Å². The van der Waals surface area contributed by atoms with Gasteiger partial charge in [0.1, 0.15) is 5.82 Å². The van der Waals surface area contributed by atoms with Gasteiger partial charge >= 0.3 is 0 Å². The summed E-state index contributed by atoms with van der Waals surface area (Å²) in [6.07, 6.45) is 14.7. The Hall–Kier alpha value is -2.69. The summed E-state index contributed by atoms with van der Waals surface area (Å²) in [5, 5.41) is 2.65. The molecule has 1 heterocycles. The Kier molecular flexibility index (Phi) is 11.2. The van der Waals surface area contributed by atoms with Crippen molar-refractivity contribution < 1.29 is 0 Å². The first kappa shape index (κ1) is 28.9. The minimum atomic E-state index is 0.369. The van der Waals surface area contributed by atoms with Gasteiger partial charge < -0.3 is 9.80 Å². The molecule has 0 radical (unpaired) electrons. The van der Waals surface area contributed by atoms with Crippen molar-refractivity contribution in [2.45, 2.75) is 45.4 Å². The number of aryl methyl sites for hydroxylation is 1. The average molecular weight is 561 g/mol. The Bertz CT molecular complexity index is 1240. The van der Waals surface area contributed by atoms with Crippen molar-refractivity contribution in [2.24, 2.45) is 0 Å². The molecule has 37 heavy (non-hydrogen) atoms. The fourth-order valence-electron chi connectivity index (χ4n) is 4.82. The van der Waals surface area contributed by atoms with Crippen molar-refractivity contribution in [3.63, 3.8) is 0 Å². The molecule has 0 saturated heterocycles. The molecule has 3 aromatic rings. The molecule has 0 bridgehead atoms. The van der Waals surface area contributed by atoms with Gasteiger partial charge in [0, 0.05) is 14.1 Å². The lowest BCUT2D eigenvalue weighted by Crippen LogP contribution is -2.19. The molecule has 0 spiro atoms. The van der Waals surface area contributed by atoms with E-state index in [1.165, 1.54) is 27.5 Å². The SMILES string of the molecule is C/C=C\C=C/CCc1cc(/C=C(\C)Br)c(CC(CCN(C)C)c2cccc3ccccc23)nc1N(C)C. The molecule has 1 atom stereocenters. The smallest absolute Gasteiger partial charge is 0.131 e. The van der Waals surface area contributed by atoms with Gasteiger partial charge in [-0.2, -0.15) is 0 Å². The number of halogens is 1. The highest BCUT2D eigenvalue weighted by Crippen LogP contribution is 2.33. The maximum atomic E-state index is 5.32. The van der Waals surface area contributed by atoms with Gasteiger partial charge in [-0.15, -0.1) is 0 Å². The average Bonchev–Trinajstić information content (AvgIpc) is 2.86. The fraction of sp³-hybridized carbons (Fsp3) is 0.364. The number of hydrogen-bond donors (Lipinski definition) is 0. The maximum Gasteiger partial charge on any atom is 0.131 e. The Morgan fingerprint density at radius 3 is 2.49 bits per heavy atom. The van der Waals surface area contributed by atoms with Gasteiger partial charge in [-0.3, -0.25) is 0 Å². The molecule has 196 valence electrons. The molecule has 1 aromatic heterocycles. The lowest BCUT2D eigenvalue weighted by molar-refractivity contribution is 0.379. The summed E-state index contributed by atoms with van der Waals surface area (Å²) in [6, 6.07) is 17.8. The van der Waals surface area contributed by atoms with Crippen LogP contribution in [0, 0.1) is 0 Å². The predicted molar refractivity (Wildman–Crippen MR) is 167 cm³/mol. The lowest BCUT2D eigenvalue weighted by Gasteiger charge is -2.24. The van der Waals surface area contributed by atoms with Crippen LogP contribution in [-0.4, -0.2) is 44.6 Å². The van der Waals surface area contributed by atoms with Crippen LogP contribution in [0.5, 0.6) is 0 Å². The predicted octanol–water partition coefficient (Wildman–Crippen LogP) is 8.40. The van der Waals surface area contributed by atoms with Gasteiger partial charge in [-0.05, 0) is 110 Å². The first-order valence-electron chi connectivity index (χ1n) is 13.2. The molecule has 1 unspecified atom stereocenters. The third-order valence-electron chi connectivity index (χ3n) is 6.62. The third kappa shape index (κ3) is 8.41. The first-order chi connectivity index (χ1) is 17.8. The number of rotatable bonds is 12. The number of aromatic nitrogens is 1. The second-order valence-corrected chi connectivity index (χ2v) is 11.4. The topological polar surface area (TPSA) is 19.4 Å². The number of fused-ring (bicyclic) bond motifs is 1. The molecule has 3 nitrogen and oxygen atoms in total. The largest absolute Gasteiger partial charge is 0.363 e. The zero-order valence-corrected chi connectivity index (χ0v) is 24.9. The van der Waals surface area contributed by atoms with Gasteiger partial charge in [0.05, 0.1) is 5.69 Å². The van der Waals surface area contributed by atoms with E-state index in [-0.39, 0.29) is 0 Å². The number of allylic oxidation sites excluding steroid dienone is 5. The van der Waals surface area contributed by atoms with Crippen molar-refractivity contribution in [1.82, 2.24) is 9.88 Å². The zero-order valence-electron chi connectivity index (χ0n) is 23.3. The molecule has 0 aliphatic rings. The van der Waals surface area contributed by atoms with Crippen molar-refractivity contribution >= 4 is 38.6 Å². The second kappa shape index (κ2) is 14.3. The molecular weight excluding hydrogens is 518 g/mol. The van der Waals surface area contributed by atoms with Crippen molar-refractivity contribution in [3.05, 3.63) is 99.7 Å². The van der Waals surface area contributed by atoms with Crippen LogP contribution in [0.4, 0.5) is 5.82 Å². The van der Waals surface area contributed by atoms with Gasteiger partial charge in [0.15, 0.2) is 0 Å². The summed E-state index contributed by atoms with van der Waals surface area (Å²) in [5.41, 5.74) is 5.07. The summed E-state index contributed by atoms with van der Waals surface area (Å²) >= 11 is 3.69.